The molecule has 13 N–H and O–H groups in total. The topological polar surface area (TPSA) is 272 Å². The summed E-state index contributed by atoms with van der Waals surface area (Å²) < 4.78 is 28.7. The van der Waals surface area contributed by atoms with Crippen LogP contribution < -0.4 is 16.8 Å². The van der Waals surface area contributed by atoms with Gasteiger partial charge in [-0.2, -0.15) is 0 Å². The van der Waals surface area contributed by atoms with Gasteiger partial charge in [0.25, 0.3) is 0 Å². The molecule has 16 heteroatoms. The van der Waals surface area contributed by atoms with E-state index in [2.05, 4.69) is 5.32 Å². The lowest BCUT2D eigenvalue weighted by Gasteiger charge is -2.46. The number of likely N-dealkylation sites (N-methyl/N-ethyl adjacent to an activating group) is 1. The van der Waals surface area contributed by atoms with E-state index >= 15 is 0 Å². The zero-order valence-electron chi connectivity index (χ0n) is 19.6. The molecule has 210 valence electrons. The molecule has 1 saturated carbocycles. The number of aliphatic hydroxyl groups is 8. The molecule has 0 aromatic heterocycles. The van der Waals surface area contributed by atoms with Gasteiger partial charge in [-0.15, -0.1) is 0 Å². The largest absolute Gasteiger partial charge is 0.395 e. The third-order valence-corrected chi connectivity index (χ3v) is 7.42. The van der Waals surface area contributed by atoms with Crippen molar-refractivity contribution in [2.45, 2.75) is 104 Å². The van der Waals surface area contributed by atoms with E-state index in [1.54, 1.807) is 7.05 Å². The van der Waals surface area contributed by atoms with E-state index in [0.29, 0.717) is 0 Å². The Morgan fingerprint density at radius 1 is 0.944 bits per heavy atom. The summed E-state index contributed by atoms with van der Waals surface area (Å²) in [6.07, 6.45) is -17.7. The molecule has 16 nitrogen and oxygen atoms in total. The van der Waals surface area contributed by atoms with Crippen LogP contribution in [0.3, 0.4) is 0 Å². The highest BCUT2D eigenvalue weighted by atomic mass is 16.9. The number of nitrogens with two attached hydrogens (primary N) is 2. The maximum Gasteiger partial charge on any atom is 0.314 e. The molecule has 4 fully saturated rings. The van der Waals surface area contributed by atoms with Crippen LogP contribution in [0, 0.1) is 0 Å². The van der Waals surface area contributed by atoms with Crippen LogP contribution in [0.15, 0.2) is 0 Å². The Hall–Kier alpha value is -0.640. The van der Waals surface area contributed by atoms with Crippen molar-refractivity contribution in [3.63, 3.8) is 0 Å². The number of nitrogens with one attached hydrogen (secondary N) is 1. The van der Waals surface area contributed by atoms with Gasteiger partial charge >= 0.3 is 5.97 Å². The van der Waals surface area contributed by atoms with Gasteiger partial charge in [0.15, 0.2) is 12.4 Å². The molecule has 0 aromatic rings. The molecule has 16 atom stereocenters. The average Bonchev–Trinajstić information content (AvgIpc) is 3.27. The minimum Gasteiger partial charge on any atom is -0.395 e. The maximum absolute atomic E-state index is 10.7. The molecular weight excluding hydrogens is 490 g/mol. The maximum atomic E-state index is 10.7. The van der Waals surface area contributed by atoms with Gasteiger partial charge in [-0.05, 0) is 13.5 Å². The first-order chi connectivity index (χ1) is 17.0. The summed E-state index contributed by atoms with van der Waals surface area (Å²) in [4.78, 5) is 0. The quantitative estimate of drug-likeness (QED) is 0.153. The van der Waals surface area contributed by atoms with Gasteiger partial charge in [0, 0.05) is 12.1 Å². The molecule has 3 heterocycles. The van der Waals surface area contributed by atoms with Crippen molar-refractivity contribution in [2.24, 2.45) is 11.5 Å². The van der Waals surface area contributed by atoms with Crippen LogP contribution in [-0.2, 0) is 23.7 Å². The van der Waals surface area contributed by atoms with Crippen LogP contribution in [0.1, 0.15) is 6.42 Å². The standard InChI is InChI=1S/C20H37N3O13/c1-23-7-2-5(21)9(26)15(10(7)27)33-19-17-16(11(28)8(4-25)32-19)35-20(36-17)18(31)13(30)12(29)14(34-20)6(22)3-24/h5-19,23-31H,2-4,21-22H2,1H3/t5-,6-,7+,8+,9+,10-,11-,12+,13+,14?,15-,16+,17+,18-,19-,20+/m0/s1. The first-order valence-corrected chi connectivity index (χ1v) is 11.8. The van der Waals surface area contributed by atoms with Crippen molar-refractivity contribution in [3.05, 3.63) is 0 Å². The molecule has 1 aliphatic carbocycles. The molecule has 3 saturated heterocycles. The van der Waals surface area contributed by atoms with Gasteiger partial charge < -0.3 is 81.3 Å². The van der Waals surface area contributed by atoms with Gasteiger partial charge in [-0.25, -0.2) is 0 Å². The van der Waals surface area contributed by atoms with E-state index in [9.17, 15) is 40.9 Å². The summed E-state index contributed by atoms with van der Waals surface area (Å²) in [5, 5.41) is 85.6. The van der Waals surface area contributed by atoms with Gasteiger partial charge in [0.2, 0.25) is 0 Å². The Morgan fingerprint density at radius 2 is 1.61 bits per heavy atom. The molecule has 1 unspecified atom stereocenters. The number of ether oxygens (including phenoxy) is 5. The van der Waals surface area contributed by atoms with Crippen LogP contribution in [0.2, 0.25) is 0 Å². The highest BCUT2D eigenvalue weighted by Gasteiger charge is 2.67. The van der Waals surface area contributed by atoms with E-state index in [-0.39, 0.29) is 6.42 Å². The smallest absolute Gasteiger partial charge is 0.314 e. The minimum absolute atomic E-state index is 0.254. The van der Waals surface area contributed by atoms with Crippen LogP contribution in [0.4, 0.5) is 0 Å². The lowest BCUT2D eigenvalue weighted by atomic mass is 9.84. The van der Waals surface area contributed by atoms with Crippen molar-refractivity contribution in [1.29, 1.82) is 0 Å². The predicted octanol–water partition coefficient (Wildman–Crippen LogP) is -7.27. The van der Waals surface area contributed by atoms with Gasteiger partial charge in [-0.1, -0.05) is 0 Å². The number of hydrogen-bond donors (Lipinski definition) is 11. The molecule has 0 amide bonds. The lowest BCUT2D eigenvalue weighted by Crippen LogP contribution is -2.69. The summed E-state index contributed by atoms with van der Waals surface area (Å²) in [6.45, 7) is -1.33. The Labute approximate surface area is 206 Å². The van der Waals surface area contributed by atoms with Crippen LogP contribution >= 0.6 is 0 Å². The number of aliphatic hydroxyl groups excluding tert-OH is 8. The summed E-state index contributed by atoms with van der Waals surface area (Å²) >= 11 is 0. The van der Waals surface area contributed by atoms with E-state index in [1.165, 1.54) is 0 Å². The molecule has 1 spiro atoms. The Balaban J connectivity index is 1.62. The van der Waals surface area contributed by atoms with Gasteiger partial charge in [0.1, 0.15) is 48.8 Å². The molecule has 36 heavy (non-hydrogen) atoms. The lowest BCUT2D eigenvalue weighted by molar-refractivity contribution is -0.439. The fraction of sp³-hybridized carbons (Fsp3) is 1.00. The Kier molecular flexibility index (Phi) is 8.55. The molecule has 0 bridgehead atoms. The zero-order valence-corrected chi connectivity index (χ0v) is 19.6. The molecular formula is C20H37N3O13. The Morgan fingerprint density at radius 3 is 2.22 bits per heavy atom. The highest BCUT2D eigenvalue weighted by Crippen LogP contribution is 2.45. The summed E-state index contributed by atoms with van der Waals surface area (Å²) in [5.41, 5.74) is 11.8. The second-order valence-electron chi connectivity index (χ2n) is 9.72. The van der Waals surface area contributed by atoms with Crippen molar-refractivity contribution in [2.75, 3.05) is 20.3 Å². The van der Waals surface area contributed by atoms with Crippen LogP contribution in [-0.4, -0.2) is 159 Å². The molecule has 4 aliphatic rings. The van der Waals surface area contributed by atoms with Crippen molar-refractivity contribution >= 4 is 0 Å². The normalized spacial score (nSPS) is 54.4. The molecule has 4 rings (SSSR count). The van der Waals surface area contributed by atoms with Gasteiger partial charge in [-0.3, -0.25) is 0 Å². The van der Waals surface area contributed by atoms with Gasteiger partial charge in [0.05, 0.1) is 31.5 Å². The van der Waals surface area contributed by atoms with Crippen molar-refractivity contribution in [3.8, 4) is 0 Å². The fourth-order valence-corrected chi connectivity index (χ4v) is 5.23. The van der Waals surface area contributed by atoms with E-state index in [0.717, 1.165) is 0 Å². The van der Waals surface area contributed by atoms with Crippen LogP contribution in [0.25, 0.3) is 0 Å². The SMILES string of the molecule is CN[C@@H]1C[C@H](N)[C@@H](O)[C@H](O[C@@H]2O[C@H](CO)[C@H](O)[C@H]3O[C@@]4(OC([C@@H](N)CO)[C@H](O)[C@@H](O)[C@@H]4O)O[C@@H]23)[C@H]1O. The summed E-state index contributed by atoms with van der Waals surface area (Å²) in [7, 11) is 1.60. The predicted molar refractivity (Wildman–Crippen MR) is 115 cm³/mol. The first kappa shape index (κ1) is 28.4. The third-order valence-electron chi connectivity index (χ3n) is 7.42. The first-order valence-electron chi connectivity index (χ1n) is 11.8. The van der Waals surface area contributed by atoms with E-state index in [1.807, 2.05) is 0 Å². The minimum atomic E-state index is -2.48. The second kappa shape index (κ2) is 10.9. The number of fused-ring (bicyclic) bond motifs is 1. The van der Waals surface area contributed by atoms with E-state index in [4.69, 9.17) is 35.2 Å². The molecule has 0 aromatic carbocycles. The summed E-state index contributed by atoms with van der Waals surface area (Å²) in [5.74, 6) is -2.48. The summed E-state index contributed by atoms with van der Waals surface area (Å²) in [6, 6.07) is -2.50. The molecule has 3 aliphatic heterocycles. The average molecular weight is 528 g/mol. The zero-order chi connectivity index (χ0) is 26.5. The van der Waals surface area contributed by atoms with Crippen molar-refractivity contribution in [1.82, 2.24) is 5.32 Å². The monoisotopic (exact) mass is 527 g/mol. The van der Waals surface area contributed by atoms with E-state index < -0.39 is 111 Å². The third kappa shape index (κ3) is 4.68. The number of hydrogen-bond acceptors (Lipinski definition) is 16. The fourth-order valence-electron chi connectivity index (χ4n) is 5.23. The molecule has 0 radical (unpaired) electrons. The van der Waals surface area contributed by atoms with Crippen LogP contribution in [0.5, 0.6) is 0 Å². The second-order valence-corrected chi connectivity index (χ2v) is 9.72. The number of rotatable bonds is 6. The Bertz CT molecular complexity index is 756. The van der Waals surface area contributed by atoms with Crippen molar-refractivity contribution < 1.29 is 64.5 Å². The highest BCUT2D eigenvalue weighted by molar-refractivity contribution is 5.05.